The highest BCUT2D eigenvalue weighted by Gasteiger charge is 2.39. The summed E-state index contributed by atoms with van der Waals surface area (Å²) in [6.07, 6.45) is 1.02. The van der Waals surface area contributed by atoms with E-state index in [4.69, 9.17) is 0 Å². The van der Waals surface area contributed by atoms with E-state index in [1.54, 1.807) is 36.4 Å². The summed E-state index contributed by atoms with van der Waals surface area (Å²) in [7, 11) is 0. The number of nitro groups is 1. The van der Waals surface area contributed by atoms with Gasteiger partial charge >= 0.3 is 0 Å². The molecule has 3 aromatic rings. The van der Waals surface area contributed by atoms with E-state index in [0.717, 1.165) is 5.70 Å². The molecule has 0 aromatic heterocycles. The number of non-ortho nitro benzene ring substituents is 1. The normalized spacial score (nSPS) is 18.5. The molecule has 0 spiro atoms. The summed E-state index contributed by atoms with van der Waals surface area (Å²) < 4.78 is 0. The first kappa shape index (κ1) is 22.5. The molecule has 7 nitrogen and oxygen atoms in total. The van der Waals surface area contributed by atoms with Crippen LogP contribution >= 0.6 is 0 Å². The smallest absolute Gasteiger partial charge is 0.269 e. The number of nitrogens with one attached hydrogen (secondary N) is 2. The van der Waals surface area contributed by atoms with E-state index in [2.05, 4.69) is 10.6 Å². The number of hydrogen-bond donors (Lipinski definition) is 2. The van der Waals surface area contributed by atoms with Gasteiger partial charge in [0.15, 0.2) is 11.6 Å². The zero-order valence-electron chi connectivity index (χ0n) is 19.5. The van der Waals surface area contributed by atoms with Crippen LogP contribution in [0.3, 0.4) is 0 Å². The number of carbonyl (C=O) groups excluding carboxylic acids is 2. The number of Topliss-reactive ketones (excluding diaryl/α,β-unsaturated/α-hetero) is 1. The van der Waals surface area contributed by atoms with Crippen molar-refractivity contribution < 1.29 is 14.5 Å². The summed E-state index contributed by atoms with van der Waals surface area (Å²) in [5.74, 6) is -0.0925. The molecule has 0 saturated heterocycles. The van der Waals surface area contributed by atoms with E-state index in [1.807, 2.05) is 38.1 Å². The Kier molecular flexibility index (Phi) is 5.47. The second-order valence-electron chi connectivity index (χ2n) is 9.84. The van der Waals surface area contributed by atoms with Gasteiger partial charge in [0.05, 0.1) is 22.3 Å². The van der Waals surface area contributed by atoms with Gasteiger partial charge in [0, 0.05) is 41.0 Å². The topological polar surface area (TPSA) is 101 Å². The van der Waals surface area contributed by atoms with Crippen LogP contribution in [-0.2, 0) is 4.79 Å². The third-order valence-corrected chi connectivity index (χ3v) is 6.53. The average molecular weight is 468 g/mol. The van der Waals surface area contributed by atoms with Crippen LogP contribution in [0.2, 0.25) is 0 Å². The van der Waals surface area contributed by atoms with Crippen molar-refractivity contribution >= 4 is 28.6 Å². The molecule has 176 valence electrons. The van der Waals surface area contributed by atoms with Crippen LogP contribution in [0.1, 0.15) is 54.2 Å². The lowest BCUT2D eigenvalue weighted by atomic mass is 9.73. The highest BCUT2D eigenvalue weighted by atomic mass is 16.6. The lowest BCUT2D eigenvalue weighted by Gasteiger charge is -2.34. The van der Waals surface area contributed by atoms with Gasteiger partial charge in [-0.3, -0.25) is 19.7 Å². The highest BCUT2D eigenvalue weighted by Crippen LogP contribution is 2.46. The summed E-state index contributed by atoms with van der Waals surface area (Å²) in [6.45, 7) is 4.10. The van der Waals surface area contributed by atoms with Crippen molar-refractivity contribution in [2.75, 3.05) is 10.6 Å². The van der Waals surface area contributed by atoms with Gasteiger partial charge in [0.1, 0.15) is 0 Å². The Bertz CT molecular complexity index is 1390. The van der Waals surface area contributed by atoms with Gasteiger partial charge in [-0.25, -0.2) is 0 Å². The monoisotopic (exact) mass is 467 g/mol. The maximum absolute atomic E-state index is 13.4. The number of carbonyl (C=O) groups is 2. The summed E-state index contributed by atoms with van der Waals surface area (Å²) in [6, 6.07) is 20.3. The third kappa shape index (κ3) is 4.33. The summed E-state index contributed by atoms with van der Waals surface area (Å²) >= 11 is 0. The molecule has 35 heavy (non-hydrogen) atoms. The van der Waals surface area contributed by atoms with Crippen LogP contribution < -0.4 is 10.6 Å². The molecule has 0 radical (unpaired) electrons. The molecule has 3 aromatic carbocycles. The molecular formula is C28H25N3O4. The minimum Gasteiger partial charge on any atom is -0.372 e. The molecule has 1 aliphatic carbocycles. The first-order valence-corrected chi connectivity index (χ1v) is 11.5. The van der Waals surface area contributed by atoms with Gasteiger partial charge in [-0.15, -0.1) is 0 Å². The largest absolute Gasteiger partial charge is 0.372 e. The van der Waals surface area contributed by atoms with Crippen molar-refractivity contribution in [1.29, 1.82) is 0 Å². The Balaban J connectivity index is 1.62. The maximum Gasteiger partial charge on any atom is 0.269 e. The number of rotatable bonds is 4. The molecule has 5 rings (SSSR count). The average Bonchev–Trinajstić information content (AvgIpc) is 2.99. The number of benzene rings is 3. The molecule has 1 atom stereocenters. The molecule has 0 saturated carbocycles. The zero-order chi connectivity index (χ0) is 24.7. The van der Waals surface area contributed by atoms with E-state index >= 15 is 0 Å². The quantitative estimate of drug-likeness (QED) is 0.275. The van der Waals surface area contributed by atoms with Crippen molar-refractivity contribution in [1.82, 2.24) is 0 Å². The molecule has 7 heteroatoms. The number of allylic oxidation sites excluding steroid dienone is 1. The van der Waals surface area contributed by atoms with Gasteiger partial charge in [0.2, 0.25) is 0 Å². The second kappa shape index (κ2) is 8.51. The number of ketones is 2. The SMILES string of the molecule is CC1(C)CC(=O)C2=C(C1)Nc1cc(C(=O)c3ccccc3)ccc1N[C@H]2c1cccc([N+](=O)[O-])c1. The first-order valence-electron chi connectivity index (χ1n) is 11.5. The predicted octanol–water partition coefficient (Wildman–Crippen LogP) is 6.05. The molecule has 0 bridgehead atoms. The van der Waals surface area contributed by atoms with Gasteiger partial charge < -0.3 is 10.6 Å². The first-order chi connectivity index (χ1) is 16.7. The molecule has 0 amide bonds. The van der Waals surface area contributed by atoms with Gasteiger partial charge in [-0.05, 0) is 35.6 Å². The molecular weight excluding hydrogens is 442 g/mol. The zero-order valence-corrected chi connectivity index (χ0v) is 19.5. The minimum atomic E-state index is -0.557. The van der Waals surface area contributed by atoms with Crippen molar-refractivity contribution in [3.05, 3.63) is 111 Å². The lowest BCUT2D eigenvalue weighted by Crippen LogP contribution is -2.31. The highest BCUT2D eigenvalue weighted by molar-refractivity contribution is 6.10. The van der Waals surface area contributed by atoms with Crippen molar-refractivity contribution in [2.24, 2.45) is 5.41 Å². The molecule has 1 heterocycles. The molecule has 2 aliphatic rings. The van der Waals surface area contributed by atoms with Crippen LogP contribution in [0.5, 0.6) is 0 Å². The summed E-state index contributed by atoms with van der Waals surface area (Å²) in [5, 5.41) is 18.3. The number of fused-ring (bicyclic) bond motifs is 1. The fourth-order valence-corrected chi connectivity index (χ4v) is 4.91. The van der Waals surface area contributed by atoms with Crippen LogP contribution in [0, 0.1) is 15.5 Å². The van der Waals surface area contributed by atoms with E-state index in [1.165, 1.54) is 12.1 Å². The van der Waals surface area contributed by atoms with E-state index in [-0.39, 0.29) is 22.7 Å². The fourth-order valence-electron chi connectivity index (χ4n) is 4.91. The fraction of sp³-hybridized carbons (Fsp3) is 0.214. The van der Waals surface area contributed by atoms with Gasteiger partial charge in [0.25, 0.3) is 5.69 Å². The van der Waals surface area contributed by atoms with Gasteiger partial charge in [-0.1, -0.05) is 56.3 Å². The van der Waals surface area contributed by atoms with Crippen molar-refractivity contribution in [3.8, 4) is 0 Å². The van der Waals surface area contributed by atoms with Crippen molar-refractivity contribution in [3.63, 3.8) is 0 Å². The Labute approximate surface area is 203 Å². The standard InChI is InChI=1S/C28H25N3O4/c1-28(2)15-23-25(24(32)16-28)26(18-9-6-10-20(13-18)31(34)35)30-21-12-11-19(14-22(21)29-23)27(33)17-7-4-3-5-8-17/h3-14,26,29-30H,15-16H2,1-2H3/t26-/m0/s1. The predicted molar refractivity (Wildman–Crippen MR) is 134 cm³/mol. The van der Waals surface area contributed by atoms with Crippen molar-refractivity contribution in [2.45, 2.75) is 32.7 Å². The van der Waals surface area contributed by atoms with E-state index in [9.17, 15) is 19.7 Å². The second-order valence-corrected chi connectivity index (χ2v) is 9.84. The molecule has 0 fully saturated rings. The maximum atomic E-state index is 13.4. The lowest BCUT2D eigenvalue weighted by molar-refractivity contribution is -0.384. The number of anilines is 2. The van der Waals surface area contributed by atoms with Crippen LogP contribution in [0.25, 0.3) is 0 Å². The molecule has 0 unspecified atom stereocenters. The molecule has 2 N–H and O–H groups in total. The Hall–Kier alpha value is -4.26. The Morgan fingerprint density at radius 1 is 0.943 bits per heavy atom. The van der Waals surface area contributed by atoms with Crippen LogP contribution in [0.4, 0.5) is 17.1 Å². The van der Waals surface area contributed by atoms with Crippen LogP contribution in [-0.4, -0.2) is 16.5 Å². The minimum absolute atomic E-state index is 0.00106. The van der Waals surface area contributed by atoms with E-state index in [0.29, 0.717) is 46.5 Å². The number of nitrogens with zero attached hydrogens (tertiary/aromatic N) is 1. The number of hydrogen-bond acceptors (Lipinski definition) is 6. The Morgan fingerprint density at radius 2 is 1.71 bits per heavy atom. The third-order valence-electron chi connectivity index (χ3n) is 6.53. The number of nitro benzene ring substituents is 1. The summed E-state index contributed by atoms with van der Waals surface area (Å²) in [4.78, 5) is 37.4. The van der Waals surface area contributed by atoms with E-state index < -0.39 is 11.0 Å². The molecule has 1 aliphatic heterocycles. The Morgan fingerprint density at radius 3 is 2.46 bits per heavy atom. The van der Waals surface area contributed by atoms with Crippen LogP contribution in [0.15, 0.2) is 84.1 Å². The van der Waals surface area contributed by atoms with Gasteiger partial charge in [-0.2, -0.15) is 0 Å². The summed E-state index contributed by atoms with van der Waals surface area (Å²) in [5.41, 5.74) is 4.26.